The number of hydrogen-bond donors (Lipinski definition) is 2. The monoisotopic (exact) mass is 364 g/mol. The largest absolute Gasteiger partial charge is 0.342 e. The molecule has 0 atom stereocenters. The van der Waals surface area contributed by atoms with E-state index in [1.54, 1.807) is 0 Å². The lowest BCUT2D eigenvalue weighted by Gasteiger charge is -2.12. The van der Waals surface area contributed by atoms with Crippen molar-refractivity contribution in [3.05, 3.63) is 76.0 Å². The summed E-state index contributed by atoms with van der Waals surface area (Å²) in [6, 6.07) is 17.5. The summed E-state index contributed by atoms with van der Waals surface area (Å²) in [6.45, 7) is 3.82. The molecule has 5 heteroatoms. The summed E-state index contributed by atoms with van der Waals surface area (Å²) in [5.41, 5.74) is 4.65. The van der Waals surface area contributed by atoms with Crippen LogP contribution in [0.4, 0.5) is 5.69 Å². The summed E-state index contributed by atoms with van der Waals surface area (Å²) in [6.07, 6.45) is 0. The Hall–Kier alpha value is -2.92. The predicted octanol–water partition coefficient (Wildman–Crippen LogP) is 4.40. The number of rotatable bonds is 5. The minimum absolute atomic E-state index is 0.0707. The van der Waals surface area contributed by atoms with Gasteiger partial charge in [-0.05, 0) is 42.0 Å². The smallest absolute Gasteiger partial charge is 0.262 e. The van der Waals surface area contributed by atoms with Gasteiger partial charge < -0.3 is 10.6 Å². The highest BCUT2D eigenvalue weighted by Gasteiger charge is 2.16. The first-order valence-corrected chi connectivity index (χ1v) is 9.21. The fourth-order valence-corrected chi connectivity index (χ4v) is 3.60. The summed E-state index contributed by atoms with van der Waals surface area (Å²) in [4.78, 5) is 25.3. The molecule has 0 aliphatic rings. The lowest BCUT2D eigenvalue weighted by molar-refractivity contribution is -0.115. The molecule has 0 fully saturated rings. The molecule has 132 valence electrons. The summed E-state index contributed by atoms with van der Waals surface area (Å²) >= 11 is 1.37. The molecule has 0 spiro atoms. The van der Waals surface area contributed by atoms with E-state index < -0.39 is 0 Å². The first-order chi connectivity index (χ1) is 12.6. The van der Waals surface area contributed by atoms with E-state index in [1.807, 2.05) is 73.8 Å². The van der Waals surface area contributed by atoms with Gasteiger partial charge in [0.15, 0.2) is 0 Å². The number of benzene rings is 2. The van der Waals surface area contributed by atoms with Gasteiger partial charge in [0.05, 0.1) is 11.4 Å². The minimum Gasteiger partial charge on any atom is -0.342 e. The van der Waals surface area contributed by atoms with Crippen LogP contribution < -0.4 is 10.6 Å². The number of anilines is 1. The van der Waals surface area contributed by atoms with Gasteiger partial charge in [0, 0.05) is 11.3 Å². The summed E-state index contributed by atoms with van der Waals surface area (Å²) in [5, 5.41) is 7.47. The van der Waals surface area contributed by atoms with Crippen LogP contribution in [0.25, 0.3) is 11.1 Å². The van der Waals surface area contributed by atoms with Crippen molar-refractivity contribution in [3.8, 4) is 11.1 Å². The molecule has 0 unspecified atom stereocenters. The maximum absolute atomic E-state index is 12.5. The number of amides is 2. The van der Waals surface area contributed by atoms with Gasteiger partial charge in [-0.3, -0.25) is 9.59 Å². The topological polar surface area (TPSA) is 58.2 Å². The fourth-order valence-electron chi connectivity index (χ4n) is 2.77. The van der Waals surface area contributed by atoms with E-state index in [9.17, 15) is 9.59 Å². The van der Waals surface area contributed by atoms with Crippen LogP contribution in [0.2, 0.25) is 0 Å². The number of carbonyl (C=O) groups excluding carboxylic acids is 2. The molecule has 0 saturated carbocycles. The second kappa shape index (κ2) is 7.97. The average molecular weight is 364 g/mol. The standard InChI is InChI=1S/C21H20N2O2S/c1-14-7-6-8-15(2)19(14)23-18(24)13-22-21(25)20-17(11-12-26-20)16-9-4-3-5-10-16/h3-12H,13H2,1-2H3,(H,22,25)(H,23,24). The van der Waals surface area contributed by atoms with Crippen molar-refractivity contribution < 1.29 is 9.59 Å². The quantitative estimate of drug-likeness (QED) is 0.705. The van der Waals surface area contributed by atoms with Gasteiger partial charge in [-0.25, -0.2) is 0 Å². The lowest BCUT2D eigenvalue weighted by atomic mass is 10.1. The second-order valence-corrected chi connectivity index (χ2v) is 6.94. The molecule has 2 aromatic carbocycles. The van der Waals surface area contributed by atoms with Crippen LogP contribution in [-0.2, 0) is 4.79 Å². The van der Waals surface area contributed by atoms with Gasteiger partial charge in [-0.15, -0.1) is 11.3 Å². The van der Waals surface area contributed by atoms with Crippen molar-refractivity contribution in [1.29, 1.82) is 0 Å². The molecule has 4 nitrogen and oxygen atoms in total. The molecule has 0 saturated heterocycles. The maximum Gasteiger partial charge on any atom is 0.262 e. The molecular formula is C21H20N2O2S. The van der Waals surface area contributed by atoms with E-state index in [-0.39, 0.29) is 18.4 Å². The number of para-hydroxylation sites is 1. The van der Waals surface area contributed by atoms with Gasteiger partial charge in [0.2, 0.25) is 5.91 Å². The van der Waals surface area contributed by atoms with E-state index in [0.717, 1.165) is 27.9 Å². The molecule has 0 aliphatic carbocycles. The Kier molecular flexibility index (Phi) is 5.49. The van der Waals surface area contributed by atoms with E-state index in [2.05, 4.69) is 10.6 Å². The maximum atomic E-state index is 12.5. The van der Waals surface area contributed by atoms with Crippen molar-refractivity contribution >= 4 is 28.8 Å². The molecule has 3 aromatic rings. The van der Waals surface area contributed by atoms with Crippen LogP contribution in [-0.4, -0.2) is 18.4 Å². The molecule has 0 aliphatic heterocycles. The molecule has 3 rings (SSSR count). The van der Waals surface area contributed by atoms with Gasteiger partial charge in [-0.2, -0.15) is 0 Å². The fraction of sp³-hybridized carbons (Fsp3) is 0.143. The van der Waals surface area contributed by atoms with Crippen molar-refractivity contribution in [2.75, 3.05) is 11.9 Å². The predicted molar refractivity (Wildman–Crippen MR) is 107 cm³/mol. The number of thiophene rings is 1. The number of hydrogen-bond acceptors (Lipinski definition) is 3. The van der Waals surface area contributed by atoms with E-state index in [0.29, 0.717) is 4.88 Å². The highest BCUT2D eigenvalue weighted by molar-refractivity contribution is 7.12. The molecule has 2 amide bonds. The average Bonchev–Trinajstić information content (AvgIpc) is 3.13. The highest BCUT2D eigenvalue weighted by atomic mass is 32.1. The zero-order valence-electron chi connectivity index (χ0n) is 14.7. The lowest BCUT2D eigenvalue weighted by Crippen LogP contribution is -2.33. The highest BCUT2D eigenvalue weighted by Crippen LogP contribution is 2.28. The molecule has 2 N–H and O–H groups in total. The Morgan fingerprint density at radius 3 is 2.31 bits per heavy atom. The van der Waals surface area contributed by atoms with Gasteiger partial charge in [0.1, 0.15) is 0 Å². The zero-order valence-corrected chi connectivity index (χ0v) is 15.5. The van der Waals surface area contributed by atoms with Crippen molar-refractivity contribution in [1.82, 2.24) is 5.32 Å². The molecule has 1 aromatic heterocycles. The number of nitrogens with one attached hydrogen (secondary N) is 2. The van der Waals surface area contributed by atoms with Crippen LogP contribution >= 0.6 is 11.3 Å². The van der Waals surface area contributed by atoms with Crippen molar-refractivity contribution in [3.63, 3.8) is 0 Å². The number of aryl methyl sites for hydroxylation is 2. The van der Waals surface area contributed by atoms with Gasteiger partial charge >= 0.3 is 0 Å². The third-order valence-corrected chi connectivity index (χ3v) is 5.02. The summed E-state index contributed by atoms with van der Waals surface area (Å²) in [7, 11) is 0. The zero-order chi connectivity index (χ0) is 18.5. The van der Waals surface area contributed by atoms with Crippen LogP contribution in [0.5, 0.6) is 0 Å². The Balaban J connectivity index is 1.65. The SMILES string of the molecule is Cc1cccc(C)c1NC(=O)CNC(=O)c1sccc1-c1ccccc1. The van der Waals surface area contributed by atoms with Crippen molar-refractivity contribution in [2.45, 2.75) is 13.8 Å². The molecule has 26 heavy (non-hydrogen) atoms. The Labute approximate surface area is 156 Å². The molecular weight excluding hydrogens is 344 g/mol. The van der Waals surface area contributed by atoms with Crippen molar-refractivity contribution in [2.24, 2.45) is 0 Å². The third kappa shape index (κ3) is 4.00. The Bertz CT molecular complexity index is 912. The summed E-state index contributed by atoms with van der Waals surface area (Å²) in [5.74, 6) is -0.482. The summed E-state index contributed by atoms with van der Waals surface area (Å²) < 4.78 is 0. The van der Waals surface area contributed by atoms with Gasteiger partial charge in [-0.1, -0.05) is 48.5 Å². The minimum atomic E-state index is -0.242. The molecule has 0 bridgehead atoms. The second-order valence-electron chi connectivity index (χ2n) is 6.03. The molecule has 1 heterocycles. The van der Waals surface area contributed by atoms with Crippen LogP contribution in [0.15, 0.2) is 60.0 Å². The van der Waals surface area contributed by atoms with E-state index in [1.165, 1.54) is 11.3 Å². The van der Waals surface area contributed by atoms with Crippen LogP contribution in [0.3, 0.4) is 0 Å². The van der Waals surface area contributed by atoms with Crippen LogP contribution in [0.1, 0.15) is 20.8 Å². The van der Waals surface area contributed by atoms with Gasteiger partial charge in [0.25, 0.3) is 5.91 Å². The first-order valence-electron chi connectivity index (χ1n) is 8.33. The third-order valence-electron chi connectivity index (χ3n) is 4.11. The molecule has 0 radical (unpaired) electrons. The van der Waals surface area contributed by atoms with Crippen LogP contribution in [0, 0.1) is 13.8 Å². The Morgan fingerprint density at radius 1 is 0.923 bits per heavy atom. The Morgan fingerprint density at radius 2 is 1.62 bits per heavy atom. The normalized spacial score (nSPS) is 10.4. The van der Waals surface area contributed by atoms with E-state index in [4.69, 9.17) is 0 Å². The van der Waals surface area contributed by atoms with E-state index >= 15 is 0 Å². The number of carbonyl (C=O) groups is 2. The first kappa shape index (κ1) is 17.9.